The summed E-state index contributed by atoms with van der Waals surface area (Å²) in [5.41, 5.74) is 4.78. The van der Waals surface area contributed by atoms with E-state index < -0.39 is 0 Å². The molecule has 8 heteroatoms. The van der Waals surface area contributed by atoms with Crippen LogP contribution in [0.1, 0.15) is 25.5 Å². The van der Waals surface area contributed by atoms with Crippen LogP contribution in [0, 0.1) is 18.8 Å². The zero-order chi connectivity index (χ0) is 20.3. The van der Waals surface area contributed by atoms with Crippen LogP contribution in [-0.4, -0.2) is 49.7 Å². The number of rotatable bonds is 3. The molecule has 29 heavy (non-hydrogen) atoms. The van der Waals surface area contributed by atoms with Crippen molar-refractivity contribution in [2.24, 2.45) is 18.9 Å². The molecule has 1 aliphatic heterocycles. The van der Waals surface area contributed by atoms with Gasteiger partial charge in [-0.3, -0.25) is 9.48 Å². The minimum atomic E-state index is 0.188. The van der Waals surface area contributed by atoms with Crippen LogP contribution in [0.5, 0.6) is 0 Å². The van der Waals surface area contributed by atoms with Crippen molar-refractivity contribution >= 4 is 34.2 Å². The standard InChI is InChI=1S/C21H25ClN6O/c1-11-17(10-27(3)26-11)19-6-16-20(18(22)7-23-21(16)25-19)24-15-4-13-8-28(12(2)29)9-14(13)5-15/h6-7,10,13-15H,4-5,8-9H2,1-3H3,(H2,23,24,25). The van der Waals surface area contributed by atoms with Crippen molar-refractivity contribution in [1.29, 1.82) is 0 Å². The Hall–Kier alpha value is -2.54. The quantitative estimate of drug-likeness (QED) is 0.689. The lowest BCUT2D eigenvalue weighted by atomic mass is 10.0. The van der Waals surface area contributed by atoms with Crippen LogP contribution in [0.2, 0.25) is 5.02 Å². The van der Waals surface area contributed by atoms with Gasteiger partial charge in [-0.1, -0.05) is 11.6 Å². The number of amides is 1. The molecule has 0 bridgehead atoms. The summed E-state index contributed by atoms with van der Waals surface area (Å²) in [6, 6.07) is 2.47. The number of halogens is 1. The van der Waals surface area contributed by atoms with Crippen molar-refractivity contribution in [3.63, 3.8) is 0 Å². The van der Waals surface area contributed by atoms with Crippen LogP contribution in [0.4, 0.5) is 5.69 Å². The molecule has 0 aromatic carbocycles. The van der Waals surface area contributed by atoms with Crippen LogP contribution in [0.25, 0.3) is 22.3 Å². The first-order valence-corrected chi connectivity index (χ1v) is 10.5. The number of likely N-dealkylation sites (tertiary alicyclic amines) is 1. The van der Waals surface area contributed by atoms with Crippen LogP contribution in [-0.2, 0) is 11.8 Å². The Morgan fingerprint density at radius 1 is 1.31 bits per heavy atom. The number of carbonyl (C=O) groups is 1. The molecular formula is C21H25ClN6O. The van der Waals surface area contributed by atoms with Crippen LogP contribution in [0.3, 0.4) is 0 Å². The third-order valence-electron chi connectivity index (χ3n) is 6.46. The lowest BCUT2D eigenvalue weighted by molar-refractivity contribution is -0.128. The number of pyridine rings is 1. The molecule has 1 amide bonds. The average Bonchev–Trinajstić information content (AvgIpc) is 3.39. The summed E-state index contributed by atoms with van der Waals surface area (Å²) in [5.74, 6) is 1.34. The van der Waals surface area contributed by atoms with E-state index in [0.29, 0.717) is 22.9 Å². The molecule has 1 saturated carbocycles. The second-order valence-corrected chi connectivity index (χ2v) is 8.89. The maximum Gasteiger partial charge on any atom is 0.219 e. The second kappa shape index (κ2) is 6.76. The molecule has 2 atom stereocenters. The molecule has 2 aliphatic rings. The molecule has 5 rings (SSSR count). The van der Waals surface area contributed by atoms with Gasteiger partial charge >= 0.3 is 0 Å². The minimum Gasteiger partial charge on any atom is -0.380 e. The van der Waals surface area contributed by atoms with Gasteiger partial charge in [0.1, 0.15) is 5.65 Å². The van der Waals surface area contributed by atoms with Gasteiger partial charge in [-0.2, -0.15) is 5.10 Å². The van der Waals surface area contributed by atoms with Gasteiger partial charge in [0.15, 0.2) is 0 Å². The van der Waals surface area contributed by atoms with Gasteiger partial charge in [-0.05, 0) is 37.7 Å². The molecule has 1 aliphatic carbocycles. The Labute approximate surface area is 174 Å². The van der Waals surface area contributed by atoms with E-state index in [9.17, 15) is 4.79 Å². The number of aromatic nitrogens is 4. The first kappa shape index (κ1) is 18.5. The number of hydrogen-bond acceptors (Lipinski definition) is 4. The first-order valence-electron chi connectivity index (χ1n) is 10.1. The summed E-state index contributed by atoms with van der Waals surface area (Å²) in [4.78, 5) is 21.5. The Morgan fingerprint density at radius 2 is 2.03 bits per heavy atom. The van der Waals surface area contributed by atoms with E-state index in [0.717, 1.165) is 59.6 Å². The van der Waals surface area contributed by atoms with Crippen LogP contribution < -0.4 is 5.32 Å². The highest BCUT2D eigenvalue weighted by molar-refractivity contribution is 6.34. The number of hydrogen-bond donors (Lipinski definition) is 2. The van der Waals surface area contributed by atoms with Crippen molar-refractivity contribution in [2.45, 2.75) is 32.7 Å². The summed E-state index contributed by atoms with van der Waals surface area (Å²) in [5, 5.41) is 9.76. The molecule has 1 saturated heterocycles. The van der Waals surface area contributed by atoms with E-state index in [4.69, 9.17) is 11.6 Å². The second-order valence-electron chi connectivity index (χ2n) is 8.49. The molecule has 3 aromatic rings. The summed E-state index contributed by atoms with van der Waals surface area (Å²) in [6.07, 6.45) is 5.84. The number of nitrogens with one attached hydrogen (secondary N) is 2. The maximum atomic E-state index is 11.7. The zero-order valence-corrected chi connectivity index (χ0v) is 17.6. The lowest BCUT2D eigenvalue weighted by Gasteiger charge is -2.20. The van der Waals surface area contributed by atoms with E-state index in [-0.39, 0.29) is 5.91 Å². The normalized spacial score (nSPS) is 23.7. The molecule has 2 unspecified atom stereocenters. The maximum absolute atomic E-state index is 11.7. The Morgan fingerprint density at radius 3 is 2.66 bits per heavy atom. The number of anilines is 1. The van der Waals surface area contributed by atoms with Crippen molar-refractivity contribution in [3.8, 4) is 11.3 Å². The van der Waals surface area contributed by atoms with Gasteiger partial charge < -0.3 is 15.2 Å². The SMILES string of the molecule is CC(=O)N1CC2CC(Nc3c(Cl)cnc4[nH]c(-c5cn(C)nc5C)cc34)CC2C1. The van der Waals surface area contributed by atoms with Gasteiger partial charge in [0.25, 0.3) is 0 Å². The first-order chi connectivity index (χ1) is 13.9. The molecule has 3 aromatic heterocycles. The fourth-order valence-electron chi connectivity index (χ4n) is 5.09. The number of aromatic amines is 1. The molecule has 2 fully saturated rings. The fraction of sp³-hybridized carbons (Fsp3) is 0.476. The van der Waals surface area contributed by atoms with Gasteiger partial charge in [-0.15, -0.1) is 0 Å². The van der Waals surface area contributed by atoms with E-state index in [2.05, 4.69) is 26.4 Å². The Bertz CT molecular complexity index is 1090. The Balaban J connectivity index is 1.41. The van der Waals surface area contributed by atoms with Gasteiger partial charge in [-0.25, -0.2) is 4.98 Å². The lowest BCUT2D eigenvalue weighted by Crippen LogP contribution is -2.29. The molecule has 152 valence electrons. The monoisotopic (exact) mass is 412 g/mol. The van der Waals surface area contributed by atoms with E-state index in [1.165, 1.54) is 0 Å². The van der Waals surface area contributed by atoms with Crippen molar-refractivity contribution in [2.75, 3.05) is 18.4 Å². The van der Waals surface area contributed by atoms with E-state index in [1.807, 2.05) is 29.7 Å². The van der Waals surface area contributed by atoms with Crippen molar-refractivity contribution in [3.05, 3.63) is 29.2 Å². The third-order valence-corrected chi connectivity index (χ3v) is 6.75. The smallest absolute Gasteiger partial charge is 0.219 e. The van der Waals surface area contributed by atoms with E-state index in [1.54, 1.807) is 13.1 Å². The predicted octanol–water partition coefficient (Wildman–Crippen LogP) is 3.59. The van der Waals surface area contributed by atoms with Crippen LogP contribution >= 0.6 is 11.6 Å². The highest BCUT2D eigenvalue weighted by Crippen LogP contribution is 2.41. The van der Waals surface area contributed by atoms with E-state index >= 15 is 0 Å². The van der Waals surface area contributed by atoms with Gasteiger partial charge in [0, 0.05) is 50.2 Å². The summed E-state index contributed by atoms with van der Waals surface area (Å²) < 4.78 is 1.82. The number of fused-ring (bicyclic) bond motifs is 2. The fourth-order valence-corrected chi connectivity index (χ4v) is 5.29. The highest BCUT2D eigenvalue weighted by atomic mass is 35.5. The molecule has 2 N–H and O–H groups in total. The van der Waals surface area contributed by atoms with Crippen molar-refractivity contribution < 1.29 is 4.79 Å². The topological polar surface area (TPSA) is 78.8 Å². The number of nitrogens with zero attached hydrogens (tertiary/aromatic N) is 4. The van der Waals surface area contributed by atoms with Gasteiger partial charge in [0.05, 0.1) is 28.3 Å². The summed E-state index contributed by atoms with van der Waals surface area (Å²) in [7, 11) is 1.92. The number of carbonyl (C=O) groups excluding carboxylic acids is 1. The average molecular weight is 413 g/mol. The molecule has 0 radical (unpaired) electrons. The largest absolute Gasteiger partial charge is 0.380 e. The Kier molecular flexibility index (Phi) is 4.31. The molecule has 4 heterocycles. The summed E-state index contributed by atoms with van der Waals surface area (Å²) in [6.45, 7) is 5.43. The molecule has 0 spiro atoms. The third kappa shape index (κ3) is 3.17. The number of aryl methyl sites for hydroxylation is 2. The van der Waals surface area contributed by atoms with Crippen LogP contribution in [0.15, 0.2) is 18.5 Å². The molecule has 7 nitrogen and oxygen atoms in total. The minimum absolute atomic E-state index is 0.188. The number of H-pyrrole nitrogens is 1. The molecular weight excluding hydrogens is 388 g/mol. The van der Waals surface area contributed by atoms with Crippen molar-refractivity contribution in [1.82, 2.24) is 24.6 Å². The zero-order valence-electron chi connectivity index (χ0n) is 16.9. The predicted molar refractivity (Wildman–Crippen MR) is 114 cm³/mol. The van der Waals surface area contributed by atoms with Gasteiger partial charge in [0.2, 0.25) is 5.91 Å². The highest BCUT2D eigenvalue weighted by Gasteiger charge is 2.41. The summed E-state index contributed by atoms with van der Waals surface area (Å²) >= 11 is 6.55.